The molecule has 0 fully saturated rings. The number of carbonyl (C=O) groups excluding carboxylic acids is 1. The van der Waals surface area contributed by atoms with Crippen LogP contribution in [0.4, 0.5) is 10.5 Å². The van der Waals surface area contributed by atoms with Gasteiger partial charge in [0, 0.05) is 12.4 Å². The number of nitrogens with zero attached hydrogens (tertiary/aromatic N) is 2. The molecule has 0 atom stereocenters. The van der Waals surface area contributed by atoms with Gasteiger partial charge >= 0.3 is 6.03 Å². The van der Waals surface area contributed by atoms with Gasteiger partial charge in [-0.15, -0.1) is 0 Å². The molecule has 0 saturated carbocycles. The Hall–Kier alpha value is -2.57. The average molecular weight is 247 g/mol. The first kappa shape index (κ1) is 11.9. The molecule has 7 nitrogen and oxygen atoms in total. The summed E-state index contributed by atoms with van der Waals surface area (Å²) in [4.78, 5) is 15.6. The lowest BCUT2D eigenvalue weighted by Crippen LogP contribution is -2.28. The van der Waals surface area contributed by atoms with Crippen LogP contribution in [0.15, 0.2) is 30.6 Å². The number of hydrogen-bond donors (Lipinski definition) is 3. The van der Waals surface area contributed by atoms with Gasteiger partial charge in [-0.2, -0.15) is 5.10 Å². The number of aromatic amines is 1. The zero-order valence-corrected chi connectivity index (χ0v) is 9.80. The molecule has 0 aromatic carbocycles. The number of pyridine rings is 1. The van der Waals surface area contributed by atoms with Crippen LogP contribution in [-0.4, -0.2) is 28.3 Å². The van der Waals surface area contributed by atoms with Crippen LogP contribution in [0.1, 0.15) is 5.69 Å². The third kappa shape index (κ3) is 2.97. The fraction of sp³-hybridized carbons (Fsp3) is 0.182. The Morgan fingerprint density at radius 3 is 3.06 bits per heavy atom. The van der Waals surface area contributed by atoms with Gasteiger partial charge < -0.3 is 15.4 Å². The van der Waals surface area contributed by atoms with E-state index in [-0.39, 0.29) is 6.03 Å². The van der Waals surface area contributed by atoms with Crippen LogP contribution in [0.2, 0.25) is 0 Å². The number of hydrogen-bond acceptors (Lipinski definition) is 4. The number of anilines is 1. The predicted octanol–water partition coefficient (Wildman–Crippen LogP) is 1.13. The lowest BCUT2D eigenvalue weighted by atomic mass is 10.4. The third-order valence-electron chi connectivity index (χ3n) is 2.21. The molecule has 0 aliphatic rings. The minimum Gasteiger partial charge on any atom is -0.480 e. The molecule has 3 N–H and O–H groups in total. The fourth-order valence-corrected chi connectivity index (χ4v) is 1.37. The number of methoxy groups -OCH3 is 1. The number of aromatic nitrogens is 3. The zero-order valence-electron chi connectivity index (χ0n) is 9.80. The summed E-state index contributed by atoms with van der Waals surface area (Å²) in [6.45, 7) is 0.369. The number of nitrogens with one attached hydrogen (secondary N) is 3. The summed E-state index contributed by atoms with van der Waals surface area (Å²) in [5.41, 5.74) is 1.34. The van der Waals surface area contributed by atoms with E-state index < -0.39 is 0 Å². The Bertz CT molecular complexity index is 512. The molecule has 0 unspecified atom stereocenters. The van der Waals surface area contributed by atoms with E-state index in [2.05, 4.69) is 25.8 Å². The minimum atomic E-state index is -0.337. The molecule has 0 saturated heterocycles. The number of rotatable bonds is 4. The topological polar surface area (TPSA) is 91.9 Å². The summed E-state index contributed by atoms with van der Waals surface area (Å²) in [6, 6.07) is 4.87. The van der Waals surface area contributed by atoms with Crippen molar-refractivity contribution in [2.75, 3.05) is 12.4 Å². The van der Waals surface area contributed by atoms with Crippen molar-refractivity contribution in [3.63, 3.8) is 0 Å². The lowest BCUT2D eigenvalue weighted by molar-refractivity contribution is 0.251. The second-order valence-electron chi connectivity index (χ2n) is 3.45. The SMILES string of the molecule is COc1ncccc1NC(=O)NCc1ccn[nH]1. The lowest BCUT2D eigenvalue weighted by Gasteiger charge is -2.09. The van der Waals surface area contributed by atoms with Crippen LogP contribution in [0.3, 0.4) is 0 Å². The molecule has 2 rings (SSSR count). The second-order valence-corrected chi connectivity index (χ2v) is 3.45. The maximum Gasteiger partial charge on any atom is 0.319 e. The van der Waals surface area contributed by atoms with Crippen molar-refractivity contribution in [2.24, 2.45) is 0 Å². The van der Waals surface area contributed by atoms with Crippen molar-refractivity contribution in [3.05, 3.63) is 36.3 Å². The van der Waals surface area contributed by atoms with Gasteiger partial charge in [0.05, 0.1) is 19.3 Å². The van der Waals surface area contributed by atoms with Crippen LogP contribution in [0.5, 0.6) is 5.88 Å². The number of carbonyl (C=O) groups is 1. The standard InChI is InChI=1S/C11H13N5O2/c1-18-10-9(3-2-5-12-10)15-11(17)13-7-8-4-6-14-16-8/h2-6H,7H2,1H3,(H,14,16)(H2,13,15,17). The quantitative estimate of drug-likeness (QED) is 0.755. The Morgan fingerprint density at radius 2 is 2.33 bits per heavy atom. The first-order valence-corrected chi connectivity index (χ1v) is 5.31. The third-order valence-corrected chi connectivity index (χ3v) is 2.21. The molecule has 2 heterocycles. The number of H-pyrrole nitrogens is 1. The highest BCUT2D eigenvalue weighted by molar-refractivity contribution is 5.90. The first-order valence-electron chi connectivity index (χ1n) is 5.31. The summed E-state index contributed by atoms with van der Waals surface area (Å²) in [7, 11) is 1.50. The minimum absolute atomic E-state index is 0.337. The van der Waals surface area contributed by atoms with Gasteiger partial charge in [0.25, 0.3) is 0 Å². The van der Waals surface area contributed by atoms with Crippen LogP contribution < -0.4 is 15.4 Å². The van der Waals surface area contributed by atoms with Crippen molar-refractivity contribution in [2.45, 2.75) is 6.54 Å². The largest absolute Gasteiger partial charge is 0.480 e. The van der Waals surface area contributed by atoms with E-state index in [0.717, 1.165) is 5.69 Å². The van der Waals surface area contributed by atoms with Crippen LogP contribution >= 0.6 is 0 Å². The van der Waals surface area contributed by atoms with Gasteiger partial charge in [0.2, 0.25) is 5.88 Å². The molecular formula is C11H13N5O2. The van der Waals surface area contributed by atoms with E-state index in [1.165, 1.54) is 7.11 Å². The molecule has 2 amide bonds. The average Bonchev–Trinajstić information content (AvgIpc) is 2.90. The zero-order chi connectivity index (χ0) is 12.8. The maximum absolute atomic E-state index is 11.6. The van der Waals surface area contributed by atoms with E-state index in [1.54, 1.807) is 30.6 Å². The van der Waals surface area contributed by atoms with Crippen molar-refractivity contribution in [1.82, 2.24) is 20.5 Å². The van der Waals surface area contributed by atoms with E-state index in [9.17, 15) is 4.79 Å². The summed E-state index contributed by atoms with van der Waals surface area (Å²) in [6.07, 6.45) is 3.21. The highest BCUT2D eigenvalue weighted by Crippen LogP contribution is 2.19. The molecule has 7 heteroatoms. The van der Waals surface area contributed by atoms with E-state index >= 15 is 0 Å². The van der Waals surface area contributed by atoms with Crippen LogP contribution in [0, 0.1) is 0 Å². The summed E-state index contributed by atoms with van der Waals surface area (Å²) >= 11 is 0. The van der Waals surface area contributed by atoms with Crippen molar-refractivity contribution < 1.29 is 9.53 Å². The molecule has 0 bridgehead atoms. The smallest absolute Gasteiger partial charge is 0.319 e. The number of urea groups is 1. The van der Waals surface area contributed by atoms with Crippen LogP contribution in [0.25, 0.3) is 0 Å². The normalized spacial score (nSPS) is 9.83. The fourth-order valence-electron chi connectivity index (χ4n) is 1.37. The Morgan fingerprint density at radius 1 is 1.44 bits per heavy atom. The predicted molar refractivity (Wildman–Crippen MR) is 65.2 cm³/mol. The summed E-state index contributed by atoms with van der Waals surface area (Å²) in [5.74, 6) is 0.370. The Balaban J connectivity index is 1.90. The maximum atomic E-state index is 11.6. The molecule has 0 spiro atoms. The molecule has 2 aromatic rings. The van der Waals surface area contributed by atoms with Crippen molar-refractivity contribution in [3.8, 4) is 5.88 Å². The van der Waals surface area contributed by atoms with Gasteiger partial charge in [0.15, 0.2) is 0 Å². The van der Waals surface area contributed by atoms with Gasteiger partial charge in [-0.25, -0.2) is 9.78 Å². The highest BCUT2D eigenvalue weighted by Gasteiger charge is 2.07. The van der Waals surface area contributed by atoms with Gasteiger partial charge in [0.1, 0.15) is 5.69 Å². The van der Waals surface area contributed by atoms with Gasteiger partial charge in [-0.3, -0.25) is 5.10 Å². The summed E-state index contributed by atoms with van der Waals surface area (Å²) in [5, 5.41) is 11.9. The van der Waals surface area contributed by atoms with Gasteiger partial charge in [-0.1, -0.05) is 0 Å². The summed E-state index contributed by atoms with van der Waals surface area (Å²) < 4.78 is 5.03. The molecule has 0 aliphatic carbocycles. The Kier molecular flexibility index (Phi) is 3.75. The number of ether oxygens (including phenoxy) is 1. The monoisotopic (exact) mass is 247 g/mol. The number of amides is 2. The first-order chi connectivity index (χ1) is 8.79. The second kappa shape index (κ2) is 5.67. The highest BCUT2D eigenvalue weighted by atomic mass is 16.5. The van der Waals surface area contributed by atoms with Crippen LogP contribution in [-0.2, 0) is 6.54 Å². The van der Waals surface area contributed by atoms with E-state index in [4.69, 9.17) is 4.74 Å². The van der Waals surface area contributed by atoms with Gasteiger partial charge in [-0.05, 0) is 18.2 Å². The molecule has 2 aromatic heterocycles. The van der Waals surface area contributed by atoms with Crippen molar-refractivity contribution >= 4 is 11.7 Å². The molecule has 0 radical (unpaired) electrons. The molecule has 0 aliphatic heterocycles. The molecular weight excluding hydrogens is 234 g/mol. The van der Waals surface area contributed by atoms with E-state index in [1.807, 2.05) is 0 Å². The Labute approximate surface area is 104 Å². The van der Waals surface area contributed by atoms with Crippen molar-refractivity contribution in [1.29, 1.82) is 0 Å². The molecule has 94 valence electrons. The van der Waals surface area contributed by atoms with E-state index in [0.29, 0.717) is 18.1 Å². The molecule has 18 heavy (non-hydrogen) atoms.